The first kappa shape index (κ1) is 14.1. The maximum absolute atomic E-state index is 12.3. The summed E-state index contributed by atoms with van der Waals surface area (Å²) in [5, 5.41) is 12.1. The first-order chi connectivity index (χ1) is 8.97. The average molecular weight is 261 g/mol. The lowest BCUT2D eigenvalue weighted by molar-refractivity contribution is 0.0939. The fourth-order valence-corrected chi connectivity index (χ4v) is 2.82. The number of nitrogens with one attached hydrogen (secondary N) is 1. The summed E-state index contributed by atoms with van der Waals surface area (Å²) >= 11 is 0. The van der Waals surface area contributed by atoms with Crippen molar-refractivity contribution >= 4 is 5.91 Å². The molecule has 0 atom stereocenters. The Morgan fingerprint density at radius 1 is 1.26 bits per heavy atom. The van der Waals surface area contributed by atoms with Crippen molar-refractivity contribution in [3.05, 3.63) is 34.4 Å². The third-order valence-corrected chi connectivity index (χ3v) is 4.13. The molecule has 1 aliphatic rings. The van der Waals surface area contributed by atoms with Gasteiger partial charge in [0.15, 0.2) is 0 Å². The van der Waals surface area contributed by atoms with Crippen LogP contribution in [0.15, 0.2) is 12.1 Å². The van der Waals surface area contributed by atoms with Gasteiger partial charge in [0.1, 0.15) is 0 Å². The van der Waals surface area contributed by atoms with Crippen LogP contribution in [0, 0.1) is 26.2 Å². The number of aliphatic hydroxyl groups excluding tert-OH is 1. The van der Waals surface area contributed by atoms with Crippen molar-refractivity contribution in [2.24, 2.45) is 5.41 Å². The monoisotopic (exact) mass is 261 g/mol. The molecule has 0 aromatic heterocycles. The zero-order valence-corrected chi connectivity index (χ0v) is 12.0. The highest BCUT2D eigenvalue weighted by Crippen LogP contribution is 2.47. The molecule has 0 radical (unpaired) electrons. The molecule has 0 saturated heterocycles. The molecule has 1 aliphatic carbocycles. The van der Waals surface area contributed by atoms with Crippen molar-refractivity contribution in [2.75, 3.05) is 13.2 Å². The molecule has 2 N–H and O–H groups in total. The summed E-state index contributed by atoms with van der Waals surface area (Å²) in [6, 6.07) is 4.09. The quantitative estimate of drug-likeness (QED) is 0.855. The van der Waals surface area contributed by atoms with Gasteiger partial charge in [-0.2, -0.15) is 0 Å². The van der Waals surface area contributed by atoms with E-state index in [-0.39, 0.29) is 17.9 Å². The summed E-state index contributed by atoms with van der Waals surface area (Å²) in [4.78, 5) is 12.3. The number of hydrogen-bond donors (Lipinski definition) is 2. The maximum Gasteiger partial charge on any atom is 0.251 e. The molecule has 104 valence electrons. The van der Waals surface area contributed by atoms with Gasteiger partial charge in [-0.3, -0.25) is 4.79 Å². The van der Waals surface area contributed by atoms with Gasteiger partial charge in [0.25, 0.3) is 5.91 Å². The third kappa shape index (κ3) is 3.16. The minimum Gasteiger partial charge on any atom is -0.396 e. The minimum atomic E-state index is 0.0132. The standard InChI is InChI=1S/C16H23NO2/c1-11-8-12(2)14(13(3)9-11)15(19)17-10-16(4-5-16)6-7-18/h8-9,18H,4-7,10H2,1-3H3,(H,17,19). The fourth-order valence-electron chi connectivity index (χ4n) is 2.82. The van der Waals surface area contributed by atoms with Gasteiger partial charge in [0.05, 0.1) is 0 Å². The van der Waals surface area contributed by atoms with Crippen LogP contribution in [-0.2, 0) is 0 Å². The second kappa shape index (κ2) is 5.33. The summed E-state index contributed by atoms with van der Waals surface area (Å²) < 4.78 is 0. The Labute approximate surface area is 115 Å². The van der Waals surface area contributed by atoms with E-state index in [1.165, 1.54) is 5.56 Å². The molecular formula is C16H23NO2. The van der Waals surface area contributed by atoms with Crippen LogP contribution in [0.5, 0.6) is 0 Å². The van der Waals surface area contributed by atoms with Crippen molar-refractivity contribution in [2.45, 2.75) is 40.0 Å². The molecule has 0 unspecified atom stereocenters. The summed E-state index contributed by atoms with van der Waals surface area (Å²) in [5.74, 6) is 0.0132. The van der Waals surface area contributed by atoms with E-state index >= 15 is 0 Å². The van der Waals surface area contributed by atoms with E-state index in [0.717, 1.165) is 36.0 Å². The molecule has 0 aliphatic heterocycles. The number of rotatable bonds is 5. The number of benzene rings is 1. The van der Waals surface area contributed by atoms with Gasteiger partial charge in [-0.05, 0) is 56.6 Å². The van der Waals surface area contributed by atoms with E-state index < -0.39 is 0 Å². The van der Waals surface area contributed by atoms with E-state index in [0.29, 0.717) is 6.54 Å². The third-order valence-electron chi connectivity index (χ3n) is 4.13. The van der Waals surface area contributed by atoms with Gasteiger partial charge in [-0.15, -0.1) is 0 Å². The average Bonchev–Trinajstić information content (AvgIpc) is 3.06. The van der Waals surface area contributed by atoms with Gasteiger partial charge >= 0.3 is 0 Å². The molecule has 19 heavy (non-hydrogen) atoms. The van der Waals surface area contributed by atoms with E-state index in [2.05, 4.69) is 5.32 Å². The van der Waals surface area contributed by atoms with Crippen molar-refractivity contribution < 1.29 is 9.90 Å². The largest absolute Gasteiger partial charge is 0.396 e. The smallest absolute Gasteiger partial charge is 0.251 e. The zero-order valence-electron chi connectivity index (χ0n) is 12.0. The van der Waals surface area contributed by atoms with Crippen LogP contribution in [0.3, 0.4) is 0 Å². The molecule has 0 heterocycles. The molecule has 0 bridgehead atoms. The molecule has 1 aromatic rings. The number of amides is 1. The zero-order chi connectivity index (χ0) is 14.0. The van der Waals surface area contributed by atoms with Crippen LogP contribution in [0.1, 0.15) is 46.3 Å². The minimum absolute atomic E-state index is 0.0132. The Morgan fingerprint density at radius 3 is 2.32 bits per heavy atom. The molecule has 1 aromatic carbocycles. The Kier molecular flexibility index (Phi) is 3.95. The normalized spacial score (nSPS) is 16.2. The summed E-state index contributed by atoms with van der Waals surface area (Å²) in [6.07, 6.45) is 3.01. The lowest BCUT2D eigenvalue weighted by Crippen LogP contribution is -2.31. The molecule has 0 spiro atoms. The Bertz CT molecular complexity index is 467. The van der Waals surface area contributed by atoms with Gasteiger partial charge in [-0.1, -0.05) is 17.7 Å². The summed E-state index contributed by atoms with van der Waals surface area (Å²) in [6.45, 7) is 6.89. The highest BCUT2D eigenvalue weighted by atomic mass is 16.3. The van der Waals surface area contributed by atoms with Crippen LogP contribution in [0.25, 0.3) is 0 Å². The topological polar surface area (TPSA) is 49.3 Å². The van der Waals surface area contributed by atoms with Crippen molar-refractivity contribution in [3.8, 4) is 0 Å². The fraction of sp³-hybridized carbons (Fsp3) is 0.562. The number of aliphatic hydroxyl groups is 1. The first-order valence-electron chi connectivity index (χ1n) is 6.94. The van der Waals surface area contributed by atoms with Crippen LogP contribution < -0.4 is 5.32 Å². The lowest BCUT2D eigenvalue weighted by atomic mass is 9.98. The number of carbonyl (C=O) groups excluding carboxylic acids is 1. The highest BCUT2D eigenvalue weighted by Gasteiger charge is 2.41. The van der Waals surface area contributed by atoms with Gasteiger partial charge in [0, 0.05) is 18.7 Å². The van der Waals surface area contributed by atoms with Crippen molar-refractivity contribution in [1.29, 1.82) is 0 Å². The predicted octanol–water partition coefficient (Wildman–Crippen LogP) is 2.50. The predicted molar refractivity (Wildman–Crippen MR) is 76.4 cm³/mol. The number of carbonyl (C=O) groups is 1. The number of aryl methyl sites for hydroxylation is 3. The Morgan fingerprint density at radius 2 is 1.84 bits per heavy atom. The van der Waals surface area contributed by atoms with Gasteiger partial charge in [-0.25, -0.2) is 0 Å². The molecule has 3 heteroatoms. The van der Waals surface area contributed by atoms with Crippen molar-refractivity contribution in [3.63, 3.8) is 0 Å². The molecule has 3 nitrogen and oxygen atoms in total. The second-order valence-corrected chi connectivity index (χ2v) is 5.93. The lowest BCUT2D eigenvalue weighted by Gasteiger charge is -2.16. The summed E-state index contributed by atoms with van der Waals surface area (Å²) in [5.41, 5.74) is 4.21. The van der Waals surface area contributed by atoms with Gasteiger partial charge < -0.3 is 10.4 Å². The maximum atomic E-state index is 12.3. The molecule has 2 rings (SSSR count). The van der Waals surface area contributed by atoms with E-state index in [9.17, 15) is 4.79 Å². The number of hydrogen-bond acceptors (Lipinski definition) is 2. The molecule has 1 amide bonds. The van der Waals surface area contributed by atoms with Crippen LogP contribution >= 0.6 is 0 Å². The highest BCUT2D eigenvalue weighted by molar-refractivity contribution is 5.97. The van der Waals surface area contributed by atoms with E-state index in [1.54, 1.807) is 0 Å². The molecular weight excluding hydrogens is 238 g/mol. The van der Waals surface area contributed by atoms with Crippen molar-refractivity contribution in [1.82, 2.24) is 5.32 Å². The molecule has 1 fully saturated rings. The first-order valence-corrected chi connectivity index (χ1v) is 6.94. The second-order valence-electron chi connectivity index (χ2n) is 5.93. The SMILES string of the molecule is Cc1cc(C)c(C(=O)NCC2(CCO)CC2)c(C)c1. The molecule has 1 saturated carbocycles. The Hall–Kier alpha value is -1.35. The van der Waals surface area contributed by atoms with E-state index in [1.807, 2.05) is 32.9 Å². The Balaban J connectivity index is 2.05. The van der Waals surface area contributed by atoms with Crippen LogP contribution in [0.4, 0.5) is 0 Å². The van der Waals surface area contributed by atoms with E-state index in [4.69, 9.17) is 5.11 Å². The van der Waals surface area contributed by atoms with Crippen LogP contribution in [-0.4, -0.2) is 24.2 Å². The van der Waals surface area contributed by atoms with Gasteiger partial charge in [0.2, 0.25) is 0 Å². The van der Waals surface area contributed by atoms with Crippen LogP contribution in [0.2, 0.25) is 0 Å². The summed E-state index contributed by atoms with van der Waals surface area (Å²) in [7, 11) is 0.